The summed E-state index contributed by atoms with van der Waals surface area (Å²) in [6.45, 7) is 0. The van der Waals surface area contributed by atoms with E-state index in [4.69, 9.17) is 22.1 Å². The highest BCUT2D eigenvalue weighted by Gasteiger charge is 2.09. The summed E-state index contributed by atoms with van der Waals surface area (Å²) < 4.78 is 26.4. The highest BCUT2D eigenvalue weighted by Crippen LogP contribution is 2.23. The van der Waals surface area contributed by atoms with Crippen molar-refractivity contribution < 1.29 is 8.78 Å². The Hall–Kier alpha value is -2.11. The van der Waals surface area contributed by atoms with Crippen molar-refractivity contribution in [1.29, 1.82) is 10.5 Å². The summed E-state index contributed by atoms with van der Waals surface area (Å²) in [6.07, 6.45) is 0.912. The van der Waals surface area contributed by atoms with E-state index in [1.807, 2.05) is 0 Å². The van der Waals surface area contributed by atoms with Crippen LogP contribution in [0.2, 0.25) is 5.02 Å². The van der Waals surface area contributed by atoms with E-state index in [1.54, 1.807) is 0 Å². The van der Waals surface area contributed by atoms with E-state index >= 15 is 0 Å². The normalized spacial score (nSPS) is 8.81. The van der Waals surface area contributed by atoms with Crippen LogP contribution < -0.4 is 5.32 Å². The van der Waals surface area contributed by atoms with Gasteiger partial charge in [-0.1, -0.05) is 11.6 Å². The van der Waals surface area contributed by atoms with E-state index in [9.17, 15) is 8.78 Å². The fourth-order valence-corrected chi connectivity index (χ4v) is 1.11. The fraction of sp³-hybridized carbons (Fsp3) is 0. The van der Waals surface area contributed by atoms with E-state index in [0.29, 0.717) is 0 Å². The zero-order chi connectivity index (χ0) is 12.1. The summed E-state index contributed by atoms with van der Waals surface area (Å²) in [6, 6.07) is 4.91. The van der Waals surface area contributed by atoms with Gasteiger partial charge in [0.2, 0.25) is 0 Å². The van der Waals surface area contributed by atoms with Gasteiger partial charge in [-0.15, -0.1) is 0 Å². The van der Waals surface area contributed by atoms with E-state index < -0.39 is 17.3 Å². The van der Waals surface area contributed by atoms with Crippen molar-refractivity contribution in [3.05, 3.63) is 40.6 Å². The third-order valence-corrected chi connectivity index (χ3v) is 1.83. The molecule has 0 bridgehead atoms. The van der Waals surface area contributed by atoms with Crippen molar-refractivity contribution in [1.82, 2.24) is 0 Å². The maximum absolute atomic E-state index is 13.2. The maximum atomic E-state index is 13.2. The average molecular weight is 240 g/mol. The number of nitriles is 2. The third kappa shape index (κ3) is 2.69. The molecule has 0 heterocycles. The molecule has 0 fully saturated rings. The van der Waals surface area contributed by atoms with Gasteiger partial charge in [0.1, 0.15) is 23.4 Å². The molecule has 6 heteroatoms. The van der Waals surface area contributed by atoms with Crippen LogP contribution in [0.5, 0.6) is 0 Å². The van der Waals surface area contributed by atoms with Crippen molar-refractivity contribution in [2.45, 2.75) is 0 Å². The molecule has 80 valence electrons. The standard InChI is InChI=1S/C10H4ClF2N3/c11-7-1-8(12)10(9(13)2-7)16-5-6(3-14)4-15/h1-2,5,16H. The summed E-state index contributed by atoms with van der Waals surface area (Å²) in [7, 11) is 0. The average Bonchev–Trinajstić information content (AvgIpc) is 2.22. The second kappa shape index (κ2) is 5.11. The van der Waals surface area contributed by atoms with Gasteiger partial charge in [0, 0.05) is 11.2 Å². The van der Waals surface area contributed by atoms with E-state index in [-0.39, 0.29) is 10.6 Å². The van der Waals surface area contributed by atoms with Gasteiger partial charge in [-0.05, 0) is 12.1 Å². The molecule has 0 aliphatic rings. The lowest BCUT2D eigenvalue weighted by Crippen LogP contribution is -1.97. The van der Waals surface area contributed by atoms with Crippen LogP contribution in [0.25, 0.3) is 0 Å². The van der Waals surface area contributed by atoms with Crippen LogP contribution in [0.4, 0.5) is 14.5 Å². The van der Waals surface area contributed by atoms with Crippen LogP contribution in [0.3, 0.4) is 0 Å². The first-order valence-corrected chi connectivity index (χ1v) is 4.37. The molecule has 0 radical (unpaired) electrons. The van der Waals surface area contributed by atoms with Crippen LogP contribution in [-0.2, 0) is 0 Å². The topological polar surface area (TPSA) is 59.6 Å². The number of rotatable bonds is 2. The van der Waals surface area contributed by atoms with Crippen LogP contribution >= 0.6 is 11.6 Å². The summed E-state index contributed by atoms with van der Waals surface area (Å²) in [5.74, 6) is -1.81. The summed E-state index contributed by atoms with van der Waals surface area (Å²) >= 11 is 5.41. The van der Waals surface area contributed by atoms with Gasteiger partial charge in [0.15, 0.2) is 11.6 Å². The van der Waals surface area contributed by atoms with Crippen molar-refractivity contribution in [3.63, 3.8) is 0 Å². The Bertz CT molecular complexity index is 487. The van der Waals surface area contributed by atoms with Crippen molar-refractivity contribution >= 4 is 17.3 Å². The molecule has 0 aromatic heterocycles. The maximum Gasteiger partial charge on any atom is 0.151 e. The fourth-order valence-electron chi connectivity index (χ4n) is 0.914. The summed E-state index contributed by atoms with van der Waals surface area (Å²) in [4.78, 5) is 0. The first kappa shape index (κ1) is 12.0. The Morgan fingerprint density at radius 1 is 1.25 bits per heavy atom. The Morgan fingerprint density at radius 2 is 1.75 bits per heavy atom. The largest absolute Gasteiger partial charge is 0.355 e. The molecule has 0 saturated carbocycles. The molecule has 1 aromatic rings. The molecular formula is C10H4ClF2N3. The smallest absolute Gasteiger partial charge is 0.151 e. The highest BCUT2D eigenvalue weighted by molar-refractivity contribution is 6.30. The third-order valence-electron chi connectivity index (χ3n) is 1.61. The number of nitrogens with zero attached hydrogens (tertiary/aromatic N) is 2. The number of halogens is 3. The number of nitrogens with one attached hydrogen (secondary N) is 1. The Morgan fingerprint density at radius 3 is 2.19 bits per heavy atom. The van der Waals surface area contributed by atoms with Gasteiger partial charge < -0.3 is 5.32 Å². The van der Waals surface area contributed by atoms with Gasteiger partial charge in [0.05, 0.1) is 0 Å². The van der Waals surface area contributed by atoms with Gasteiger partial charge in [-0.25, -0.2) is 8.78 Å². The van der Waals surface area contributed by atoms with E-state index in [1.165, 1.54) is 12.1 Å². The SMILES string of the molecule is N#CC(C#N)=CNc1c(F)cc(Cl)cc1F. The zero-order valence-corrected chi connectivity index (χ0v) is 8.52. The van der Waals surface area contributed by atoms with Gasteiger partial charge in [0.25, 0.3) is 0 Å². The Labute approximate surface area is 95.2 Å². The lowest BCUT2D eigenvalue weighted by atomic mass is 10.3. The van der Waals surface area contributed by atoms with Crippen molar-refractivity contribution in [3.8, 4) is 12.1 Å². The van der Waals surface area contributed by atoms with Crippen LogP contribution in [0.1, 0.15) is 0 Å². The summed E-state index contributed by atoms with van der Waals surface area (Å²) in [5.41, 5.74) is -0.763. The predicted molar refractivity (Wildman–Crippen MR) is 54.3 cm³/mol. The van der Waals surface area contributed by atoms with Gasteiger partial charge >= 0.3 is 0 Å². The number of anilines is 1. The first-order chi connectivity index (χ1) is 7.58. The molecular weight excluding hydrogens is 236 g/mol. The molecule has 1 aromatic carbocycles. The lowest BCUT2D eigenvalue weighted by molar-refractivity contribution is 0.591. The minimum atomic E-state index is -0.906. The minimum absolute atomic E-state index is 0.0784. The second-order valence-corrected chi connectivity index (χ2v) is 3.11. The molecule has 0 aliphatic heterocycles. The van der Waals surface area contributed by atoms with Gasteiger partial charge in [-0.3, -0.25) is 0 Å². The van der Waals surface area contributed by atoms with E-state index in [2.05, 4.69) is 5.32 Å². The number of allylic oxidation sites excluding steroid dienone is 1. The molecule has 3 nitrogen and oxygen atoms in total. The lowest BCUT2D eigenvalue weighted by Gasteiger charge is -2.04. The van der Waals surface area contributed by atoms with Gasteiger partial charge in [-0.2, -0.15) is 10.5 Å². The van der Waals surface area contributed by atoms with Crippen LogP contribution in [0.15, 0.2) is 23.9 Å². The minimum Gasteiger partial charge on any atom is -0.355 e. The second-order valence-electron chi connectivity index (χ2n) is 2.67. The molecule has 0 saturated heterocycles. The first-order valence-electron chi connectivity index (χ1n) is 4.00. The molecule has 0 unspecified atom stereocenters. The van der Waals surface area contributed by atoms with Crippen molar-refractivity contribution in [2.75, 3.05) is 5.32 Å². The predicted octanol–water partition coefficient (Wildman–Crippen LogP) is 2.96. The number of hydrogen-bond acceptors (Lipinski definition) is 3. The molecule has 0 aliphatic carbocycles. The molecule has 1 N–H and O–H groups in total. The van der Waals surface area contributed by atoms with E-state index in [0.717, 1.165) is 18.3 Å². The quantitative estimate of drug-likeness (QED) is 0.807. The Balaban J connectivity index is 3.05. The molecule has 0 spiro atoms. The molecule has 0 amide bonds. The van der Waals surface area contributed by atoms with Crippen molar-refractivity contribution in [2.24, 2.45) is 0 Å². The zero-order valence-electron chi connectivity index (χ0n) is 7.76. The monoisotopic (exact) mass is 239 g/mol. The highest BCUT2D eigenvalue weighted by atomic mass is 35.5. The molecule has 0 atom stereocenters. The Kier molecular flexibility index (Phi) is 3.82. The number of hydrogen-bond donors (Lipinski definition) is 1. The van der Waals surface area contributed by atoms with Crippen LogP contribution in [0, 0.1) is 34.3 Å². The molecule has 1 rings (SSSR count). The summed E-state index contributed by atoms with van der Waals surface area (Å²) in [5, 5.41) is 18.9. The molecule has 16 heavy (non-hydrogen) atoms. The van der Waals surface area contributed by atoms with Crippen LogP contribution in [-0.4, -0.2) is 0 Å². The number of benzene rings is 1.